The molecule has 0 aliphatic heterocycles. The second-order valence-corrected chi connectivity index (χ2v) is 8.14. The summed E-state index contributed by atoms with van der Waals surface area (Å²) in [6, 6.07) is 12.3. The van der Waals surface area contributed by atoms with Crippen LogP contribution in [0.1, 0.15) is 59.1 Å². The number of hydrogen-bond acceptors (Lipinski definition) is 6. The first kappa shape index (κ1) is 28.6. The van der Waals surface area contributed by atoms with E-state index in [1.54, 1.807) is 7.11 Å². The van der Waals surface area contributed by atoms with Crippen LogP contribution in [0.15, 0.2) is 36.4 Å². The van der Waals surface area contributed by atoms with Gasteiger partial charge in [0, 0.05) is 49.6 Å². The Morgan fingerprint density at radius 3 is 1.85 bits per heavy atom. The molecular formula is C27H46N4O2. The molecule has 2 unspecified atom stereocenters. The van der Waals surface area contributed by atoms with Crippen molar-refractivity contribution < 1.29 is 9.47 Å². The van der Waals surface area contributed by atoms with E-state index in [4.69, 9.17) is 20.9 Å². The third-order valence-electron chi connectivity index (χ3n) is 5.87. The van der Waals surface area contributed by atoms with Gasteiger partial charge in [0.1, 0.15) is 12.5 Å². The van der Waals surface area contributed by atoms with Crippen LogP contribution in [0.3, 0.4) is 0 Å². The van der Waals surface area contributed by atoms with Crippen molar-refractivity contribution in [2.75, 3.05) is 48.1 Å². The molecule has 0 aromatic heterocycles. The number of methoxy groups -OCH3 is 1. The van der Waals surface area contributed by atoms with E-state index in [1.807, 2.05) is 32.0 Å². The van der Waals surface area contributed by atoms with Gasteiger partial charge in [0.25, 0.3) is 0 Å². The van der Waals surface area contributed by atoms with E-state index in [1.165, 1.54) is 11.3 Å². The molecule has 0 aliphatic rings. The van der Waals surface area contributed by atoms with Gasteiger partial charge in [-0.05, 0) is 95.5 Å². The highest BCUT2D eigenvalue weighted by atomic mass is 16.5. The van der Waals surface area contributed by atoms with Crippen molar-refractivity contribution in [1.29, 1.82) is 0 Å². The maximum absolute atomic E-state index is 5.98. The van der Waals surface area contributed by atoms with Crippen LogP contribution in [-0.4, -0.2) is 39.3 Å². The Bertz CT molecular complexity index is 828. The van der Waals surface area contributed by atoms with Crippen LogP contribution < -0.4 is 21.3 Å². The molecule has 0 heterocycles. The summed E-state index contributed by atoms with van der Waals surface area (Å²) in [7, 11) is 1.73. The number of benzene rings is 2. The Labute approximate surface area is 201 Å². The molecule has 0 radical (unpaired) electrons. The van der Waals surface area contributed by atoms with Gasteiger partial charge in [-0.1, -0.05) is 13.3 Å². The lowest BCUT2D eigenvalue weighted by atomic mass is 10.1. The van der Waals surface area contributed by atoms with Crippen LogP contribution in [-0.2, 0) is 15.9 Å². The van der Waals surface area contributed by atoms with E-state index in [0.717, 1.165) is 55.2 Å². The Morgan fingerprint density at radius 1 is 0.818 bits per heavy atom. The van der Waals surface area contributed by atoms with E-state index in [-0.39, 0.29) is 12.5 Å². The summed E-state index contributed by atoms with van der Waals surface area (Å²) in [5, 5.41) is 0. The molecule has 2 aromatic rings. The Hall–Kier alpha value is -2.44. The van der Waals surface area contributed by atoms with Gasteiger partial charge in [-0.3, -0.25) is 0 Å². The van der Waals surface area contributed by atoms with Gasteiger partial charge in [-0.15, -0.1) is 0 Å². The van der Waals surface area contributed by atoms with Gasteiger partial charge in [0.15, 0.2) is 0 Å². The zero-order valence-corrected chi connectivity index (χ0v) is 22.0. The molecule has 0 aliphatic carbocycles. The summed E-state index contributed by atoms with van der Waals surface area (Å²) >= 11 is 0. The minimum Gasteiger partial charge on any atom is -0.399 e. The Morgan fingerprint density at radius 2 is 1.36 bits per heavy atom. The molecular weight excluding hydrogens is 412 g/mol. The van der Waals surface area contributed by atoms with Crippen molar-refractivity contribution in [1.82, 2.24) is 0 Å². The monoisotopic (exact) mass is 458 g/mol. The summed E-state index contributed by atoms with van der Waals surface area (Å²) in [6.45, 7) is 17.2. The highest BCUT2D eigenvalue weighted by Gasteiger charge is 2.14. The van der Waals surface area contributed by atoms with Gasteiger partial charge in [-0.2, -0.15) is 0 Å². The summed E-state index contributed by atoms with van der Waals surface area (Å²) < 4.78 is 11.0. The van der Waals surface area contributed by atoms with Crippen LogP contribution >= 0.6 is 0 Å². The first-order valence-corrected chi connectivity index (χ1v) is 12.2. The normalized spacial score (nSPS) is 12.5. The van der Waals surface area contributed by atoms with Gasteiger partial charge in [-0.25, -0.2) is 0 Å². The average Bonchev–Trinajstić information content (AvgIpc) is 2.80. The highest BCUT2D eigenvalue weighted by Crippen LogP contribution is 2.24. The molecule has 2 rings (SSSR count). The average molecular weight is 459 g/mol. The lowest BCUT2D eigenvalue weighted by Gasteiger charge is -2.30. The van der Waals surface area contributed by atoms with Crippen LogP contribution in [0.5, 0.6) is 0 Å². The molecule has 0 fully saturated rings. The van der Waals surface area contributed by atoms with Crippen LogP contribution in [0.4, 0.5) is 22.7 Å². The minimum absolute atomic E-state index is 0.0816. The van der Waals surface area contributed by atoms with Crippen LogP contribution in [0, 0.1) is 6.92 Å². The Balaban J connectivity index is 0.000000331. The second-order valence-electron chi connectivity index (χ2n) is 8.14. The smallest absolute Gasteiger partial charge is 0.127 e. The van der Waals surface area contributed by atoms with Gasteiger partial charge in [0.2, 0.25) is 0 Å². The molecule has 33 heavy (non-hydrogen) atoms. The maximum atomic E-state index is 5.98. The number of nitrogens with zero attached hydrogens (tertiary/aromatic N) is 2. The molecule has 0 saturated heterocycles. The molecule has 0 amide bonds. The first-order valence-electron chi connectivity index (χ1n) is 12.2. The summed E-state index contributed by atoms with van der Waals surface area (Å²) in [5.74, 6) is 0. The van der Waals surface area contributed by atoms with Gasteiger partial charge in [0.05, 0.1) is 0 Å². The van der Waals surface area contributed by atoms with E-state index < -0.39 is 0 Å². The third-order valence-corrected chi connectivity index (χ3v) is 5.87. The fourth-order valence-corrected chi connectivity index (χ4v) is 3.85. The standard InChI is InChI=1S/C14H24N2O.C13H22N2O/c1-5-7-12-10-13(8-9-14(12)15)16(6-2)11(3)17-4;1-5-15(11(4)16-6-2)12-7-8-13(14)10(3)9-12/h8-11H,5-7,15H2,1-4H3;7-9,11H,5-6,14H2,1-4H3. The lowest BCUT2D eigenvalue weighted by Crippen LogP contribution is -2.35. The van der Waals surface area contributed by atoms with Crippen molar-refractivity contribution in [2.24, 2.45) is 0 Å². The van der Waals surface area contributed by atoms with E-state index in [9.17, 15) is 0 Å². The predicted molar refractivity (Wildman–Crippen MR) is 144 cm³/mol. The molecule has 2 atom stereocenters. The molecule has 186 valence electrons. The predicted octanol–water partition coefficient (Wildman–Crippen LogP) is 5.83. The van der Waals surface area contributed by atoms with E-state index >= 15 is 0 Å². The largest absolute Gasteiger partial charge is 0.399 e. The number of rotatable bonds is 11. The summed E-state index contributed by atoms with van der Waals surface area (Å²) in [5.41, 5.74) is 18.2. The van der Waals surface area contributed by atoms with Crippen molar-refractivity contribution in [2.45, 2.75) is 73.8 Å². The molecule has 6 heteroatoms. The third kappa shape index (κ3) is 8.45. The molecule has 6 nitrogen and oxygen atoms in total. The fraction of sp³-hybridized carbons (Fsp3) is 0.556. The van der Waals surface area contributed by atoms with E-state index in [0.29, 0.717) is 0 Å². The van der Waals surface area contributed by atoms with E-state index in [2.05, 4.69) is 62.6 Å². The zero-order valence-electron chi connectivity index (χ0n) is 22.0. The summed E-state index contributed by atoms with van der Waals surface area (Å²) in [6.07, 6.45) is 2.31. The summed E-state index contributed by atoms with van der Waals surface area (Å²) in [4.78, 5) is 4.44. The topological polar surface area (TPSA) is 77.0 Å². The molecule has 0 spiro atoms. The second kappa shape index (κ2) is 14.7. The number of nitrogen functional groups attached to an aromatic ring is 2. The van der Waals surface area contributed by atoms with Crippen molar-refractivity contribution in [3.8, 4) is 0 Å². The number of aryl methyl sites for hydroxylation is 2. The molecule has 2 aromatic carbocycles. The van der Waals surface area contributed by atoms with Crippen molar-refractivity contribution in [3.63, 3.8) is 0 Å². The highest BCUT2D eigenvalue weighted by molar-refractivity contribution is 5.59. The van der Waals surface area contributed by atoms with Gasteiger partial charge < -0.3 is 30.7 Å². The number of hydrogen-bond donors (Lipinski definition) is 2. The SMILES string of the molecule is CCCc1cc(N(CC)C(C)OC)ccc1N.CCOC(C)N(CC)c1ccc(N)c(C)c1. The van der Waals surface area contributed by atoms with Crippen LogP contribution in [0.25, 0.3) is 0 Å². The first-order chi connectivity index (χ1) is 15.7. The fourth-order valence-electron chi connectivity index (χ4n) is 3.85. The molecule has 4 N–H and O–H groups in total. The minimum atomic E-state index is 0.0816. The quantitative estimate of drug-likeness (QED) is 0.326. The number of ether oxygens (including phenoxy) is 2. The van der Waals surface area contributed by atoms with Crippen molar-refractivity contribution >= 4 is 22.7 Å². The van der Waals surface area contributed by atoms with Crippen LogP contribution in [0.2, 0.25) is 0 Å². The lowest BCUT2D eigenvalue weighted by molar-refractivity contribution is 0.0742. The zero-order chi connectivity index (χ0) is 25.0. The molecule has 0 saturated carbocycles. The Kier molecular flexibility index (Phi) is 12.7. The maximum Gasteiger partial charge on any atom is 0.127 e. The number of anilines is 4. The molecule has 0 bridgehead atoms. The van der Waals surface area contributed by atoms with Gasteiger partial charge >= 0.3 is 0 Å². The van der Waals surface area contributed by atoms with Crippen molar-refractivity contribution in [3.05, 3.63) is 47.5 Å². The number of nitrogens with two attached hydrogens (primary N) is 2.